The predicted octanol–water partition coefficient (Wildman–Crippen LogP) is 1.09. The lowest BCUT2D eigenvalue weighted by Crippen LogP contribution is -2.31. The molecule has 0 spiro atoms. The van der Waals surface area contributed by atoms with E-state index < -0.39 is 17.0 Å². The van der Waals surface area contributed by atoms with E-state index in [2.05, 4.69) is 5.32 Å². The van der Waals surface area contributed by atoms with Crippen LogP contribution in [-0.4, -0.2) is 22.1 Å². The summed E-state index contributed by atoms with van der Waals surface area (Å²) in [5.41, 5.74) is -0.824. The maximum Gasteiger partial charge on any atom is 0.349 e. The molecular formula is C17H14N2O5. The van der Waals surface area contributed by atoms with Crippen LogP contribution in [0, 0.1) is 0 Å². The van der Waals surface area contributed by atoms with Gasteiger partial charge in [0.05, 0.1) is 0 Å². The zero-order valence-corrected chi connectivity index (χ0v) is 12.6. The van der Waals surface area contributed by atoms with Gasteiger partial charge in [-0.25, -0.2) is 4.79 Å². The lowest BCUT2D eigenvalue weighted by molar-refractivity contribution is 0.0949. The fourth-order valence-corrected chi connectivity index (χ4v) is 2.27. The first-order valence-electron chi connectivity index (χ1n) is 7.25. The maximum atomic E-state index is 12.1. The summed E-state index contributed by atoms with van der Waals surface area (Å²) in [6.45, 7) is 0.548. The molecule has 0 bridgehead atoms. The number of nitrogens with zero attached hydrogens (tertiary/aromatic N) is 1. The zero-order chi connectivity index (χ0) is 17.1. The Bertz CT molecular complexity index is 1020. The van der Waals surface area contributed by atoms with Gasteiger partial charge in [0.1, 0.15) is 11.1 Å². The van der Waals surface area contributed by atoms with Crippen LogP contribution >= 0.6 is 0 Å². The first kappa shape index (κ1) is 15.5. The number of carbonyl (C=O) groups excluding carboxylic acids is 1. The van der Waals surface area contributed by atoms with Crippen molar-refractivity contribution in [2.24, 2.45) is 0 Å². The van der Waals surface area contributed by atoms with Gasteiger partial charge in [0.25, 0.3) is 5.91 Å². The molecule has 0 aliphatic rings. The summed E-state index contributed by atoms with van der Waals surface area (Å²) in [5.74, 6) is -0.904. The number of pyridine rings is 1. The molecule has 0 unspecified atom stereocenters. The number of carbonyl (C=O) groups is 1. The minimum absolute atomic E-state index is 0.0727. The van der Waals surface area contributed by atoms with Gasteiger partial charge >= 0.3 is 5.63 Å². The third-order valence-corrected chi connectivity index (χ3v) is 3.50. The van der Waals surface area contributed by atoms with Crippen molar-refractivity contribution in [2.45, 2.75) is 6.54 Å². The van der Waals surface area contributed by atoms with Gasteiger partial charge in [-0.2, -0.15) is 0 Å². The van der Waals surface area contributed by atoms with Crippen molar-refractivity contribution in [1.82, 2.24) is 9.88 Å². The second kappa shape index (κ2) is 6.41. The van der Waals surface area contributed by atoms with Crippen molar-refractivity contribution in [1.29, 1.82) is 0 Å². The van der Waals surface area contributed by atoms with Crippen LogP contribution in [0.1, 0.15) is 10.4 Å². The van der Waals surface area contributed by atoms with Gasteiger partial charge in [0, 0.05) is 36.9 Å². The molecule has 0 saturated carbocycles. The van der Waals surface area contributed by atoms with Crippen LogP contribution in [0.2, 0.25) is 0 Å². The Morgan fingerprint density at radius 2 is 2.00 bits per heavy atom. The molecular weight excluding hydrogens is 312 g/mol. The summed E-state index contributed by atoms with van der Waals surface area (Å²) in [5, 5.41) is 12.6. The number of amides is 1. The Labute approximate surface area is 135 Å². The third kappa shape index (κ3) is 3.19. The van der Waals surface area contributed by atoms with Gasteiger partial charge in [-0.05, 0) is 12.1 Å². The van der Waals surface area contributed by atoms with E-state index in [9.17, 15) is 19.5 Å². The molecule has 0 aliphatic carbocycles. The number of hydrogen-bond donors (Lipinski definition) is 2. The second-order valence-electron chi connectivity index (χ2n) is 5.17. The van der Waals surface area contributed by atoms with Gasteiger partial charge in [0.2, 0.25) is 5.43 Å². The van der Waals surface area contributed by atoms with E-state index in [4.69, 9.17) is 4.42 Å². The number of fused-ring (bicyclic) bond motifs is 1. The number of aromatic nitrogens is 1. The van der Waals surface area contributed by atoms with Crippen LogP contribution in [0.25, 0.3) is 11.0 Å². The average Bonchev–Trinajstić information content (AvgIpc) is 2.57. The van der Waals surface area contributed by atoms with Crippen LogP contribution in [0.3, 0.4) is 0 Å². The highest BCUT2D eigenvalue weighted by Gasteiger charge is 2.13. The van der Waals surface area contributed by atoms with Crippen molar-refractivity contribution >= 4 is 16.9 Å². The van der Waals surface area contributed by atoms with Crippen LogP contribution in [0.5, 0.6) is 5.75 Å². The zero-order valence-electron chi connectivity index (χ0n) is 12.6. The first-order chi connectivity index (χ1) is 11.5. The highest BCUT2D eigenvalue weighted by atomic mass is 16.4. The molecule has 0 atom stereocenters. The number of nitrogens with one attached hydrogen (secondary N) is 1. The molecule has 0 fully saturated rings. The summed E-state index contributed by atoms with van der Waals surface area (Å²) in [4.78, 5) is 35.1. The van der Waals surface area contributed by atoms with Gasteiger partial charge in [-0.3, -0.25) is 9.59 Å². The number of rotatable bonds is 4. The molecule has 3 aromatic rings. The Hall–Kier alpha value is -3.35. The summed E-state index contributed by atoms with van der Waals surface area (Å²) in [6, 6.07) is 9.65. The quantitative estimate of drug-likeness (QED) is 0.699. The van der Waals surface area contributed by atoms with Gasteiger partial charge < -0.3 is 19.4 Å². The maximum absolute atomic E-state index is 12.1. The molecule has 7 nitrogen and oxygen atoms in total. The number of aromatic hydroxyl groups is 1. The van der Waals surface area contributed by atoms with Crippen molar-refractivity contribution < 1.29 is 14.3 Å². The van der Waals surface area contributed by atoms with Crippen LogP contribution in [0.4, 0.5) is 0 Å². The topological polar surface area (TPSA) is 102 Å². The van der Waals surface area contributed by atoms with Crippen molar-refractivity contribution in [3.8, 4) is 5.75 Å². The molecule has 0 saturated heterocycles. The molecule has 1 aromatic carbocycles. The van der Waals surface area contributed by atoms with E-state index in [1.807, 2.05) is 0 Å². The average molecular weight is 326 g/mol. The predicted molar refractivity (Wildman–Crippen MR) is 87.2 cm³/mol. The molecule has 2 aromatic heterocycles. The standard InChI is InChI=1S/C17H14N2O5/c20-13-5-7-19(10-14(13)21)8-6-18-16(22)12-9-11-3-1-2-4-15(11)24-17(12)23/h1-5,7,9-10,21H,6,8H2,(H,18,22). The third-order valence-electron chi connectivity index (χ3n) is 3.50. The smallest absolute Gasteiger partial charge is 0.349 e. The Morgan fingerprint density at radius 1 is 1.21 bits per heavy atom. The van der Waals surface area contributed by atoms with E-state index in [0.717, 1.165) is 0 Å². The fraction of sp³-hybridized carbons (Fsp3) is 0.118. The Balaban J connectivity index is 1.71. The van der Waals surface area contributed by atoms with Gasteiger partial charge in [0.15, 0.2) is 5.75 Å². The molecule has 122 valence electrons. The Morgan fingerprint density at radius 3 is 2.79 bits per heavy atom. The Kier molecular flexibility index (Phi) is 4.15. The van der Waals surface area contributed by atoms with E-state index in [1.165, 1.54) is 24.5 Å². The SMILES string of the molecule is O=C(NCCn1ccc(=O)c(O)c1)c1cc2ccccc2oc1=O. The van der Waals surface area contributed by atoms with Crippen molar-refractivity contribution in [3.05, 3.63) is 75.0 Å². The molecule has 24 heavy (non-hydrogen) atoms. The van der Waals surface area contributed by atoms with E-state index in [0.29, 0.717) is 17.5 Å². The number of hydrogen-bond acceptors (Lipinski definition) is 5. The van der Waals surface area contributed by atoms with Crippen LogP contribution in [-0.2, 0) is 6.54 Å². The summed E-state index contributed by atoms with van der Waals surface area (Å²) in [6.07, 6.45) is 2.78. The largest absolute Gasteiger partial charge is 0.503 e. The molecule has 0 aliphatic heterocycles. The van der Waals surface area contributed by atoms with Crippen LogP contribution < -0.4 is 16.4 Å². The first-order valence-corrected chi connectivity index (χ1v) is 7.25. The van der Waals surface area contributed by atoms with Crippen molar-refractivity contribution in [2.75, 3.05) is 6.54 Å². The highest BCUT2D eigenvalue weighted by Crippen LogP contribution is 2.12. The minimum Gasteiger partial charge on any atom is -0.503 e. The summed E-state index contributed by atoms with van der Waals surface area (Å²) >= 11 is 0. The number of para-hydroxylation sites is 1. The van der Waals surface area contributed by atoms with E-state index in [1.54, 1.807) is 28.8 Å². The van der Waals surface area contributed by atoms with E-state index >= 15 is 0 Å². The van der Waals surface area contributed by atoms with E-state index in [-0.39, 0.29) is 17.9 Å². The molecule has 2 N–H and O–H groups in total. The molecule has 1 amide bonds. The van der Waals surface area contributed by atoms with Gasteiger partial charge in [-0.15, -0.1) is 0 Å². The van der Waals surface area contributed by atoms with Crippen LogP contribution in [0.15, 0.2) is 62.8 Å². The lowest BCUT2D eigenvalue weighted by Gasteiger charge is -2.08. The molecule has 2 heterocycles. The summed E-state index contributed by atoms with van der Waals surface area (Å²) in [7, 11) is 0. The fourth-order valence-electron chi connectivity index (χ4n) is 2.27. The highest BCUT2D eigenvalue weighted by molar-refractivity contribution is 5.96. The van der Waals surface area contributed by atoms with Crippen molar-refractivity contribution in [3.63, 3.8) is 0 Å². The molecule has 3 rings (SSSR count). The minimum atomic E-state index is -0.702. The second-order valence-corrected chi connectivity index (χ2v) is 5.17. The normalized spacial score (nSPS) is 10.7. The summed E-state index contributed by atoms with van der Waals surface area (Å²) < 4.78 is 6.67. The lowest BCUT2D eigenvalue weighted by atomic mass is 10.2. The number of benzene rings is 1. The monoisotopic (exact) mass is 326 g/mol. The molecule has 7 heteroatoms. The molecule has 0 radical (unpaired) electrons. The van der Waals surface area contributed by atoms with Gasteiger partial charge in [-0.1, -0.05) is 18.2 Å².